The van der Waals surface area contributed by atoms with Gasteiger partial charge in [-0.3, -0.25) is 34.1 Å². The second kappa shape index (κ2) is 20.7. The summed E-state index contributed by atoms with van der Waals surface area (Å²) in [5, 5.41) is 9.09. The van der Waals surface area contributed by atoms with Crippen molar-refractivity contribution in [3.63, 3.8) is 0 Å². The Morgan fingerprint density at radius 1 is 1.07 bits per heavy atom. The Morgan fingerprint density at radius 2 is 1.88 bits per heavy atom. The first-order chi connectivity index (χ1) is 32.2. The number of nitroso groups, excluding NO2 is 1. The molecule has 3 aromatic heterocycles. The molecule has 67 heavy (non-hydrogen) atoms. The predicted octanol–water partition coefficient (Wildman–Crippen LogP) is 4.69. The first kappa shape index (κ1) is 47.8. The molecule has 16 nitrogen and oxygen atoms in total. The molecule has 4 aliphatic heterocycles. The van der Waals surface area contributed by atoms with Crippen LogP contribution in [0.5, 0.6) is 0 Å². The van der Waals surface area contributed by atoms with Crippen molar-refractivity contribution in [2.24, 2.45) is 11.3 Å². The van der Waals surface area contributed by atoms with E-state index in [0.717, 1.165) is 68.2 Å². The minimum Gasteiger partial charge on any atom is -0.464 e. The van der Waals surface area contributed by atoms with Crippen molar-refractivity contribution in [1.29, 1.82) is 0 Å². The van der Waals surface area contributed by atoms with Crippen molar-refractivity contribution in [3.8, 4) is 34.2 Å². The molecule has 1 aromatic carbocycles. The van der Waals surface area contributed by atoms with Gasteiger partial charge < -0.3 is 24.3 Å². The summed E-state index contributed by atoms with van der Waals surface area (Å²) < 4.78 is 13.8. The summed E-state index contributed by atoms with van der Waals surface area (Å²) in [5.41, 5.74) is 9.08. The number of thiophene rings is 1. The van der Waals surface area contributed by atoms with Crippen molar-refractivity contribution in [1.82, 2.24) is 40.1 Å². The molecule has 6 bridgehead atoms. The van der Waals surface area contributed by atoms with Crippen LogP contribution < -0.4 is 10.7 Å². The van der Waals surface area contributed by atoms with Crippen LogP contribution in [-0.4, -0.2) is 148 Å². The summed E-state index contributed by atoms with van der Waals surface area (Å²) in [6.07, 6.45) is 5.96. The molecule has 4 atom stereocenters. The Bertz CT molecular complexity index is 2540. The fraction of sp³-hybridized carbons (Fsp3) is 0.540. The van der Waals surface area contributed by atoms with Crippen LogP contribution in [0.15, 0.2) is 54.2 Å². The van der Waals surface area contributed by atoms with E-state index in [4.69, 9.17) is 9.47 Å². The van der Waals surface area contributed by atoms with E-state index < -0.39 is 41.5 Å². The molecular formula is C50H64N9O7S+. The van der Waals surface area contributed by atoms with Gasteiger partial charge in [0.2, 0.25) is 5.91 Å². The number of cyclic esters (lactones) is 1. The van der Waals surface area contributed by atoms with Gasteiger partial charge in [0.05, 0.1) is 50.6 Å². The van der Waals surface area contributed by atoms with Crippen LogP contribution in [0.1, 0.15) is 64.3 Å². The van der Waals surface area contributed by atoms with Crippen molar-refractivity contribution in [2.45, 2.75) is 97.4 Å². The maximum absolute atomic E-state index is 14.7. The number of likely N-dealkylation sites (tertiary alicyclic amines) is 1. The lowest BCUT2D eigenvalue weighted by molar-refractivity contribution is -0.732. The van der Waals surface area contributed by atoms with Crippen LogP contribution in [-0.2, 0) is 48.0 Å². The van der Waals surface area contributed by atoms with Gasteiger partial charge in [0.25, 0.3) is 17.9 Å². The van der Waals surface area contributed by atoms with E-state index in [-0.39, 0.29) is 37.3 Å². The summed E-state index contributed by atoms with van der Waals surface area (Å²) >= 11 is 1.52. The topological polar surface area (TPSA) is 162 Å². The minimum absolute atomic E-state index is 0.162. The third kappa shape index (κ3) is 10.7. The number of hydrazine groups is 2. The Kier molecular flexibility index (Phi) is 14.8. The molecule has 3 saturated heterocycles. The highest BCUT2D eigenvalue weighted by atomic mass is 32.1. The van der Waals surface area contributed by atoms with E-state index in [1.54, 1.807) is 18.1 Å². The highest BCUT2D eigenvalue weighted by Gasteiger charge is 2.45. The molecular weight excluding hydrogens is 871 g/mol. The fourth-order valence-electron chi connectivity index (χ4n) is 9.90. The highest BCUT2D eigenvalue weighted by molar-refractivity contribution is 7.10. The summed E-state index contributed by atoms with van der Waals surface area (Å²) in [5.74, 6) is 3.75. The molecule has 2 N–H and O–H groups in total. The molecule has 3 fully saturated rings. The first-order valence-corrected chi connectivity index (χ1v) is 24.5. The van der Waals surface area contributed by atoms with Gasteiger partial charge >= 0.3 is 5.97 Å². The van der Waals surface area contributed by atoms with Gasteiger partial charge in [-0.1, -0.05) is 39.7 Å². The van der Waals surface area contributed by atoms with E-state index in [9.17, 15) is 24.1 Å². The monoisotopic (exact) mass is 934 g/mol. The molecule has 4 aromatic rings. The highest BCUT2D eigenvalue weighted by Crippen LogP contribution is 2.40. The number of aryl methyl sites for hydroxylation is 1. The Balaban J connectivity index is 1.06. The second-order valence-electron chi connectivity index (χ2n) is 19.3. The number of nitrogens with zero attached hydrogens (tertiary/aromatic N) is 7. The number of hydrogen-bond donors (Lipinski definition) is 2. The summed E-state index contributed by atoms with van der Waals surface area (Å²) in [4.78, 5) is 80.0. The van der Waals surface area contributed by atoms with E-state index >= 15 is 0 Å². The average Bonchev–Trinajstić information content (AvgIpc) is 4.09. The van der Waals surface area contributed by atoms with Gasteiger partial charge in [-0.25, -0.2) is 5.43 Å². The number of morpholine rings is 1. The van der Waals surface area contributed by atoms with Crippen molar-refractivity contribution in [3.05, 3.63) is 69.5 Å². The van der Waals surface area contributed by atoms with Gasteiger partial charge in [-0.15, -0.1) is 16.3 Å². The first-order valence-electron chi connectivity index (χ1n) is 23.7. The maximum atomic E-state index is 14.7. The number of benzene rings is 1. The zero-order chi connectivity index (χ0) is 47.4. The standard InChI is InChI=1S/C50H63N9O7S/c1-7-57-43-15-14-34-26-39(43)40(46(57)35-11-8-17-51-29-35)28-50(4,5)32-66-49(63)41-12-9-19-58(53-41)48(62)42(27-38-25-36(34)31-67-38)52-47(61)45(33(2)3)54(6)59(64)37-16-20-56(30-37)44(60)13-10-18-55-21-23-65-24-22-55/h8,11,14-15,17,25-26,29,31,33,37,41-42,45,53H,7,9,12,16,18-24,27-28,30,32H2,1-6H3/p+1/t37-,41-,42-,45-/m0/s1. The van der Waals surface area contributed by atoms with Crippen molar-refractivity contribution >= 4 is 45.9 Å². The fourth-order valence-corrected chi connectivity index (χ4v) is 10.8. The molecule has 4 aliphatic rings. The molecule has 0 aliphatic carbocycles. The molecule has 0 radical (unpaired) electrons. The smallest absolute Gasteiger partial charge is 0.324 e. The molecule has 7 heterocycles. The number of hydrogen-bond acceptors (Lipinski definition) is 11. The number of carbonyl (C=O) groups is 4. The van der Waals surface area contributed by atoms with E-state index in [1.165, 1.54) is 21.4 Å². The minimum atomic E-state index is -1.03. The summed E-state index contributed by atoms with van der Waals surface area (Å²) in [6, 6.07) is 9.33. The number of amides is 3. The number of pyridine rings is 1. The van der Waals surface area contributed by atoms with Gasteiger partial charge in [0.15, 0.2) is 6.04 Å². The second-order valence-corrected chi connectivity index (χ2v) is 20.3. The van der Waals surface area contributed by atoms with Gasteiger partial charge in [-0.05, 0) is 90.4 Å². The Hall–Kier alpha value is -5.67. The van der Waals surface area contributed by atoms with E-state index in [0.29, 0.717) is 58.5 Å². The molecule has 3 amide bonds. The molecule has 8 rings (SSSR count). The lowest BCUT2D eigenvalue weighted by Crippen LogP contribution is -2.62. The number of carbonyl (C=O) groups excluding carboxylic acids is 4. The largest absolute Gasteiger partial charge is 0.464 e. The summed E-state index contributed by atoms with van der Waals surface area (Å²) in [7, 11) is 1.58. The lowest BCUT2D eigenvalue weighted by atomic mass is 9.84. The molecule has 0 spiro atoms. The molecule has 0 unspecified atom stereocenters. The molecule has 0 saturated carbocycles. The van der Waals surface area contributed by atoms with E-state index in [2.05, 4.69) is 93.5 Å². The van der Waals surface area contributed by atoms with Gasteiger partial charge in [0.1, 0.15) is 17.0 Å². The number of ether oxygens (including phenoxy) is 2. The number of rotatable bonds is 9. The van der Waals surface area contributed by atoms with Crippen LogP contribution in [0.3, 0.4) is 0 Å². The van der Waals surface area contributed by atoms with Crippen LogP contribution in [0.4, 0.5) is 0 Å². The number of aromatic nitrogens is 2. The summed E-state index contributed by atoms with van der Waals surface area (Å²) in [6.45, 7) is 15.2. The van der Waals surface area contributed by atoms with Gasteiger partial charge in [0, 0.05) is 84.7 Å². The lowest BCUT2D eigenvalue weighted by Gasteiger charge is -2.36. The average molecular weight is 935 g/mol. The van der Waals surface area contributed by atoms with Gasteiger partial charge in [-0.2, -0.15) is 0 Å². The molecule has 356 valence electrons. The molecule has 17 heteroatoms. The number of likely N-dealkylation sites (N-methyl/N-ethyl adjacent to an activating group) is 1. The Morgan fingerprint density at radius 3 is 2.63 bits per heavy atom. The zero-order valence-corrected chi connectivity index (χ0v) is 40.4. The third-order valence-corrected chi connectivity index (χ3v) is 14.4. The van der Waals surface area contributed by atoms with Crippen LogP contribution in [0.25, 0.3) is 33.3 Å². The number of esters is 1. The van der Waals surface area contributed by atoms with Crippen LogP contribution in [0, 0.1) is 28.1 Å². The van der Waals surface area contributed by atoms with Crippen LogP contribution in [0.2, 0.25) is 0 Å². The zero-order valence-electron chi connectivity index (χ0n) is 39.6. The van der Waals surface area contributed by atoms with E-state index in [1.807, 2.05) is 26.1 Å². The number of fused-ring (bicyclic) bond motifs is 6. The normalized spacial score (nSPS) is 21.9. The van der Waals surface area contributed by atoms with Crippen molar-refractivity contribution in [2.75, 3.05) is 66.1 Å². The van der Waals surface area contributed by atoms with Crippen LogP contribution >= 0.6 is 11.3 Å². The number of nitrogens with one attached hydrogen (secondary N) is 2. The maximum Gasteiger partial charge on any atom is 0.324 e. The Labute approximate surface area is 396 Å². The SMILES string of the molecule is CCn1c(-c2cccnc2)c2c3cc(ccc31)-c1csc(c1)C[C@H](NC(=O)[C@H](C(C)C)N(C)[N+](=O)[C@H]1CCN(C(=O)C#CCN3CCOCC3)C1)C(=O)N1CCC[C@H](N1)C(=O)OCC(C)(C)C2. The predicted molar refractivity (Wildman–Crippen MR) is 256 cm³/mol. The quantitative estimate of drug-likeness (QED) is 0.104. The third-order valence-electron chi connectivity index (χ3n) is 13.4. The van der Waals surface area contributed by atoms with Crippen molar-refractivity contribution < 1.29 is 33.5 Å².